The predicted octanol–water partition coefficient (Wildman–Crippen LogP) is 0.832. The standard InChI is InChI=1S/C12H24N2O3/c1-5-17-11(15)7-6-8-13-10(4)12(16)14-9(2)3/h9-10,13H,5-8H2,1-4H3,(H,14,16). The molecule has 0 rings (SSSR count). The molecule has 0 aromatic carbocycles. The third-order valence-corrected chi connectivity index (χ3v) is 2.14. The Bertz CT molecular complexity index is 242. The van der Waals surface area contributed by atoms with Crippen LogP contribution in [0.4, 0.5) is 0 Å². The molecule has 0 spiro atoms. The zero-order valence-electron chi connectivity index (χ0n) is 11.2. The predicted molar refractivity (Wildman–Crippen MR) is 66.6 cm³/mol. The van der Waals surface area contributed by atoms with Crippen LogP contribution in [0.1, 0.15) is 40.5 Å². The Hall–Kier alpha value is -1.10. The van der Waals surface area contributed by atoms with Gasteiger partial charge in [-0.05, 0) is 40.7 Å². The van der Waals surface area contributed by atoms with Gasteiger partial charge in [-0.15, -0.1) is 0 Å². The lowest BCUT2D eigenvalue weighted by molar-refractivity contribution is -0.143. The number of ether oxygens (including phenoxy) is 1. The summed E-state index contributed by atoms with van der Waals surface area (Å²) < 4.78 is 4.80. The highest BCUT2D eigenvalue weighted by atomic mass is 16.5. The van der Waals surface area contributed by atoms with E-state index in [9.17, 15) is 9.59 Å². The molecule has 1 unspecified atom stereocenters. The minimum atomic E-state index is -0.236. The van der Waals surface area contributed by atoms with Crippen molar-refractivity contribution in [1.29, 1.82) is 0 Å². The van der Waals surface area contributed by atoms with Gasteiger partial charge in [0.1, 0.15) is 0 Å². The van der Waals surface area contributed by atoms with Crippen LogP contribution in [0.25, 0.3) is 0 Å². The van der Waals surface area contributed by atoms with Crippen molar-refractivity contribution in [1.82, 2.24) is 10.6 Å². The van der Waals surface area contributed by atoms with Crippen LogP contribution in [0.5, 0.6) is 0 Å². The number of esters is 1. The molecule has 1 amide bonds. The summed E-state index contributed by atoms with van der Waals surface area (Å²) in [7, 11) is 0. The quantitative estimate of drug-likeness (QED) is 0.490. The van der Waals surface area contributed by atoms with Crippen molar-refractivity contribution in [2.45, 2.75) is 52.6 Å². The minimum Gasteiger partial charge on any atom is -0.466 e. The number of carbonyl (C=O) groups excluding carboxylic acids is 2. The van der Waals surface area contributed by atoms with Crippen molar-refractivity contribution >= 4 is 11.9 Å². The van der Waals surface area contributed by atoms with Crippen molar-refractivity contribution in [3.63, 3.8) is 0 Å². The van der Waals surface area contributed by atoms with Gasteiger partial charge in [-0.2, -0.15) is 0 Å². The molecule has 0 aliphatic heterocycles. The maximum absolute atomic E-state index is 11.5. The monoisotopic (exact) mass is 244 g/mol. The van der Waals surface area contributed by atoms with Gasteiger partial charge in [0.15, 0.2) is 0 Å². The van der Waals surface area contributed by atoms with Crippen LogP contribution in [-0.2, 0) is 14.3 Å². The molecule has 0 fully saturated rings. The second-order valence-electron chi connectivity index (χ2n) is 4.25. The molecule has 0 bridgehead atoms. The molecule has 0 radical (unpaired) electrons. The largest absolute Gasteiger partial charge is 0.466 e. The van der Waals surface area contributed by atoms with Gasteiger partial charge in [-0.25, -0.2) is 0 Å². The average Bonchev–Trinajstić information content (AvgIpc) is 2.23. The van der Waals surface area contributed by atoms with E-state index in [1.807, 2.05) is 20.8 Å². The summed E-state index contributed by atoms with van der Waals surface area (Å²) in [6, 6.07) is -0.0918. The number of carbonyl (C=O) groups is 2. The molecule has 0 aliphatic rings. The van der Waals surface area contributed by atoms with E-state index in [-0.39, 0.29) is 24.0 Å². The zero-order valence-corrected chi connectivity index (χ0v) is 11.2. The molecule has 0 aliphatic carbocycles. The first-order chi connectivity index (χ1) is 7.97. The Morgan fingerprint density at radius 2 is 1.88 bits per heavy atom. The third kappa shape index (κ3) is 8.68. The Balaban J connectivity index is 3.60. The first kappa shape index (κ1) is 15.9. The average molecular weight is 244 g/mol. The van der Waals surface area contributed by atoms with E-state index in [2.05, 4.69) is 10.6 Å². The van der Waals surface area contributed by atoms with E-state index in [1.54, 1.807) is 6.92 Å². The van der Waals surface area contributed by atoms with Gasteiger partial charge in [0, 0.05) is 12.5 Å². The van der Waals surface area contributed by atoms with Crippen LogP contribution in [-0.4, -0.2) is 37.1 Å². The SMILES string of the molecule is CCOC(=O)CCCNC(C)C(=O)NC(C)C. The molecule has 0 saturated carbocycles. The topological polar surface area (TPSA) is 67.4 Å². The first-order valence-corrected chi connectivity index (χ1v) is 6.16. The number of nitrogens with one attached hydrogen (secondary N) is 2. The fourth-order valence-electron chi connectivity index (χ4n) is 1.29. The van der Waals surface area contributed by atoms with Crippen LogP contribution < -0.4 is 10.6 Å². The number of rotatable bonds is 8. The molecular formula is C12H24N2O3. The maximum Gasteiger partial charge on any atom is 0.305 e. The van der Waals surface area contributed by atoms with Crippen molar-refractivity contribution in [2.24, 2.45) is 0 Å². The Labute approximate surface area is 103 Å². The summed E-state index contributed by atoms with van der Waals surface area (Å²) in [6.07, 6.45) is 1.07. The van der Waals surface area contributed by atoms with Crippen molar-refractivity contribution in [3.05, 3.63) is 0 Å². The van der Waals surface area contributed by atoms with E-state index in [4.69, 9.17) is 4.74 Å². The molecule has 100 valence electrons. The fourth-order valence-corrected chi connectivity index (χ4v) is 1.29. The number of hydrogen-bond donors (Lipinski definition) is 2. The van der Waals surface area contributed by atoms with Gasteiger partial charge in [0.2, 0.25) is 5.91 Å². The van der Waals surface area contributed by atoms with Gasteiger partial charge in [0.25, 0.3) is 0 Å². The van der Waals surface area contributed by atoms with Crippen LogP contribution in [0.3, 0.4) is 0 Å². The molecule has 0 aromatic heterocycles. The summed E-state index contributed by atoms with van der Waals surface area (Å²) in [5.74, 6) is -0.204. The summed E-state index contributed by atoms with van der Waals surface area (Å²) in [5, 5.41) is 5.88. The first-order valence-electron chi connectivity index (χ1n) is 6.16. The number of hydrogen-bond acceptors (Lipinski definition) is 4. The van der Waals surface area contributed by atoms with Crippen molar-refractivity contribution < 1.29 is 14.3 Å². The van der Waals surface area contributed by atoms with Gasteiger partial charge in [-0.3, -0.25) is 9.59 Å². The molecular weight excluding hydrogens is 220 g/mol. The highest BCUT2D eigenvalue weighted by molar-refractivity contribution is 5.81. The Morgan fingerprint density at radius 3 is 2.41 bits per heavy atom. The minimum absolute atomic E-state index is 0.0175. The van der Waals surface area contributed by atoms with Gasteiger partial charge < -0.3 is 15.4 Å². The molecule has 5 heteroatoms. The van der Waals surface area contributed by atoms with Gasteiger partial charge >= 0.3 is 5.97 Å². The van der Waals surface area contributed by atoms with Crippen LogP contribution in [0, 0.1) is 0 Å². The molecule has 17 heavy (non-hydrogen) atoms. The summed E-state index contributed by atoms with van der Waals surface area (Å²) >= 11 is 0. The van der Waals surface area contributed by atoms with Gasteiger partial charge in [0.05, 0.1) is 12.6 Å². The van der Waals surface area contributed by atoms with Crippen molar-refractivity contribution in [3.8, 4) is 0 Å². The molecule has 0 heterocycles. The lowest BCUT2D eigenvalue weighted by atomic mass is 10.2. The van der Waals surface area contributed by atoms with Crippen LogP contribution in [0.2, 0.25) is 0 Å². The Kier molecular flexibility index (Phi) is 8.40. The lowest BCUT2D eigenvalue weighted by Crippen LogP contribution is -2.44. The summed E-state index contributed by atoms with van der Waals surface area (Å²) in [5.41, 5.74) is 0. The highest BCUT2D eigenvalue weighted by Crippen LogP contribution is 1.93. The van der Waals surface area contributed by atoms with E-state index in [1.165, 1.54) is 0 Å². The number of amides is 1. The molecule has 0 saturated heterocycles. The second kappa shape index (κ2) is 8.98. The second-order valence-corrected chi connectivity index (χ2v) is 4.25. The van der Waals surface area contributed by atoms with Crippen molar-refractivity contribution in [2.75, 3.05) is 13.2 Å². The maximum atomic E-state index is 11.5. The fraction of sp³-hybridized carbons (Fsp3) is 0.833. The summed E-state index contributed by atoms with van der Waals surface area (Å²) in [6.45, 7) is 8.48. The molecule has 1 atom stereocenters. The van der Waals surface area contributed by atoms with E-state index in [0.29, 0.717) is 26.0 Å². The van der Waals surface area contributed by atoms with E-state index >= 15 is 0 Å². The van der Waals surface area contributed by atoms with Crippen LogP contribution >= 0.6 is 0 Å². The Morgan fingerprint density at radius 1 is 1.24 bits per heavy atom. The molecule has 5 nitrogen and oxygen atoms in total. The third-order valence-electron chi connectivity index (χ3n) is 2.14. The van der Waals surface area contributed by atoms with E-state index in [0.717, 1.165) is 0 Å². The van der Waals surface area contributed by atoms with E-state index < -0.39 is 0 Å². The zero-order chi connectivity index (χ0) is 13.3. The van der Waals surface area contributed by atoms with Crippen LogP contribution in [0.15, 0.2) is 0 Å². The van der Waals surface area contributed by atoms with Gasteiger partial charge in [-0.1, -0.05) is 0 Å². The highest BCUT2D eigenvalue weighted by Gasteiger charge is 2.12. The summed E-state index contributed by atoms with van der Waals surface area (Å²) in [4.78, 5) is 22.6. The molecule has 2 N–H and O–H groups in total. The smallest absolute Gasteiger partial charge is 0.305 e. The molecule has 0 aromatic rings. The normalized spacial score (nSPS) is 12.3. The lowest BCUT2D eigenvalue weighted by Gasteiger charge is -2.15.